The molecular weight excluding hydrogens is 620 g/mol. The van der Waals surface area contributed by atoms with Crippen molar-refractivity contribution in [3.63, 3.8) is 0 Å². The summed E-state index contributed by atoms with van der Waals surface area (Å²) in [5, 5.41) is 0.282. The van der Waals surface area contributed by atoms with Crippen molar-refractivity contribution in [2.24, 2.45) is 0 Å². The lowest BCUT2D eigenvalue weighted by Gasteiger charge is -2.43. The van der Waals surface area contributed by atoms with Gasteiger partial charge in [-0.2, -0.15) is 0 Å². The Hall–Kier alpha value is -4.23. The van der Waals surface area contributed by atoms with Crippen LogP contribution in [0.2, 0.25) is 0 Å². The number of hydrogen-bond donors (Lipinski definition) is 0. The van der Waals surface area contributed by atoms with E-state index < -0.39 is 61.2 Å². The first-order valence-corrected chi connectivity index (χ1v) is 13.5. The van der Waals surface area contributed by atoms with Crippen LogP contribution in [0.15, 0.2) is 62.4 Å². The topological polar surface area (TPSA) is 154 Å². The van der Waals surface area contributed by atoms with Crippen molar-refractivity contribution in [1.29, 1.82) is 0 Å². The van der Waals surface area contributed by atoms with Crippen LogP contribution in [-0.2, 0) is 42.9 Å². The second kappa shape index (κ2) is 13.2. The molecule has 0 amide bonds. The van der Waals surface area contributed by atoms with E-state index in [0.717, 1.165) is 25.2 Å². The number of carbonyl (C=O) groups excluding carboxylic acids is 4. The predicted octanol–water partition coefficient (Wildman–Crippen LogP) is 3.68. The molecule has 0 unspecified atom stereocenters. The van der Waals surface area contributed by atoms with Gasteiger partial charge in [-0.1, -0.05) is 28.1 Å². The minimum atomic E-state index is -1.43. The van der Waals surface area contributed by atoms with Crippen LogP contribution in [0.3, 0.4) is 0 Å². The Morgan fingerprint density at radius 1 is 0.810 bits per heavy atom. The third-order valence-corrected chi connectivity index (χ3v) is 6.63. The summed E-state index contributed by atoms with van der Waals surface area (Å²) in [4.78, 5) is 60.7. The summed E-state index contributed by atoms with van der Waals surface area (Å²) in [6.07, 6.45) is -5.39. The SMILES string of the molecule is CC(=O)OC[C@@H]1O[C@@H](Oc2ccc3c(=O)c(-c4ccc(Br)cc4)coc3c2)[C@@H](OC(C)=O)[C@@H](OC(C)=O)[C@H]1OC(C)=O. The lowest BCUT2D eigenvalue weighted by Crippen LogP contribution is -2.63. The highest BCUT2D eigenvalue weighted by molar-refractivity contribution is 9.10. The first kappa shape index (κ1) is 30.7. The summed E-state index contributed by atoms with van der Waals surface area (Å²) in [7, 11) is 0. The molecule has 4 rings (SSSR count). The molecule has 0 bridgehead atoms. The number of halogens is 1. The number of rotatable bonds is 8. The fourth-order valence-corrected chi connectivity index (χ4v) is 4.69. The van der Waals surface area contributed by atoms with Crippen molar-refractivity contribution in [2.75, 3.05) is 6.61 Å². The molecule has 2 heterocycles. The van der Waals surface area contributed by atoms with Gasteiger partial charge in [0, 0.05) is 38.2 Å². The van der Waals surface area contributed by atoms with Crippen LogP contribution < -0.4 is 10.2 Å². The van der Waals surface area contributed by atoms with Crippen molar-refractivity contribution in [3.05, 3.63) is 63.4 Å². The number of ether oxygens (including phenoxy) is 6. The number of fused-ring (bicyclic) bond motifs is 1. The smallest absolute Gasteiger partial charge is 0.303 e. The molecule has 13 heteroatoms. The van der Waals surface area contributed by atoms with Crippen molar-refractivity contribution in [3.8, 4) is 16.9 Å². The molecule has 1 aromatic heterocycles. The fraction of sp³-hybridized carbons (Fsp3) is 0.345. The monoisotopic (exact) mass is 646 g/mol. The molecule has 3 aromatic rings. The van der Waals surface area contributed by atoms with E-state index >= 15 is 0 Å². The van der Waals surface area contributed by atoms with E-state index in [4.69, 9.17) is 32.8 Å². The molecule has 0 N–H and O–H groups in total. The van der Waals surface area contributed by atoms with Gasteiger partial charge in [0.05, 0.1) is 10.9 Å². The Kier molecular flexibility index (Phi) is 9.63. The van der Waals surface area contributed by atoms with E-state index in [1.807, 2.05) is 12.1 Å². The Morgan fingerprint density at radius 3 is 2.05 bits per heavy atom. The van der Waals surface area contributed by atoms with E-state index in [1.54, 1.807) is 12.1 Å². The Balaban J connectivity index is 1.70. The van der Waals surface area contributed by atoms with Gasteiger partial charge < -0.3 is 32.8 Å². The van der Waals surface area contributed by atoms with Crippen molar-refractivity contribution in [1.82, 2.24) is 0 Å². The first-order valence-electron chi connectivity index (χ1n) is 12.7. The predicted molar refractivity (Wildman–Crippen MR) is 148 cm³/mol. The first-order chi connectivity index (χ1) is 19.9. The lowest BCUT2D eigenvalue weighted by molar-refractivity contribution is -0.288. The number of carbonyl (C=O) groups is 4. The Morgan fingerprint density at radius 2 is 1.43 bits per heavy atom. The molecule has 1 aliphatic rings. The number of esters is 4. The maximum absolute atomic E-state index is 13.2. The van der Waals surface area contributed by atoms with E-state index in [1.165, 1.54) is 31.4 Å². The van der Waals surface area contributed by atoms with Gasteiger partial charge in [-0.15, -0.1) is 0 Å². The number of hydrogen-bond acceptors (Lipinski definition) is 12. The van der Waals surface area contributed by atoms with Gasteiger partial charge in [-0.25, -0.2) is 0 Å². The molecule has 5 atom stereocenters. The molecule has 0 aliphatic carbocycles. The van der Waals surface area contributed by atoms with Crippen LogP contribution in [0, 0.1) is 0 Å². The summed E-state index contributed by atoms with van der Waals surface area (Å²) in [5.74, 6) is -2.78. The zero-order chi connectivity index (χ0) is 30.6. The molecule has 1 fully saturated rings. The molecule has 0 radical (unpaired) electrons. The van der Waals surface area contributed by atoms with Gasteiger partial charge in [0.2, 0.25) is 12.4 Å². The second-order valence-electron chi connectivity index (χ2n) is 9.33. The van der Waals surface area contributed by atoms with Gasteiger partial charge >= 0.3 is 23.9 Å². The molecule has 222 valence electrons. The van der Waals surface area contributed by atoms with E-state index in [-0.39, 0.29) is 22.1 Å². The molecule has 0 saturated carbocycles. The van der Waals surface area contributed by atoms with Gasteiger partial charge in [-0.3, -0.25) is 24.0 Å². The fourth-order valence-electron chi connectivity index (χ4n) is 4.43. The van der Waals surface area contributed by atoms with Crippen molar-refractivity contribution in [2.45, 2.75) is 58.4 Å². The normalized spacial score (nSPS) is 21.7. The van der Waals surface area contributed by atoms with Crippen molar-refractivity contribution >= 4 is 50.8 Å². The summed E-state index contributed by atoms with van der Waals surface area (Å²) < 4.78 is 39.8. The standard InChI is InChI=1S/C29H27BrO12/c1-14(31)36-13-24-26(38-15(2)32)27(39-16(3)33)28(40-17(4)34)29(42-24)41-20-9-10-21-23(11-20)37-12-22(25(21)35)18-5-7-19(30)8-6-18/h5-12,24,26-29H,13H2,1-4H3/t24-,26-,27-,28-,29+/m0/s1. The molecule has 1 saturated heterocycles. The van der Waals surface area contributed by atoms with Crippen LogP contribution in [0.4, 0.5) is 0 Å². The molecule has 42 heavy (non-hydrogen) atoms. The van der Waals surface area contributed by atoms with Gasteiger partial charge in [0.1, 0.15) is 30.3 Å². The summed E-state index contributed by atoms with van der Waals surface area (Å²) in [5.41, 5.74) is 0.969. The van der Waals surface area contributed by atoms with Crippen molar-refractivity contribution < 1.29 is 52.0 Å². The largest absolute Gasteiger partial charge is 0.463 e. The Bertz CT molecular complexity index is 1550. The zero-order valence-corrected chi connectivity index (χ0v) is 24.6. The van der Waals surface area contributed by atoms with Crippen LogP contribution in [0.5, 0.6) is 5.75 Å². The average Bonchev–Trinajstić information content (AvgIpc) is 2.91. The summed E-state index contributed by atoms with van der Waals surface area (Å²) >= 11 is 3.37. The average molecular weight is 647 g/mol. The van der Waals surface area contributed by atoms with E-state index in [2.05, 4.69) is 15.9 Å². The molecule has 0 spiro atoms. The maximum Gasteiger partial charge on any atom is 0.303 e. The van der Waals surface area contributed by atoms with Gasteiger partial charge in [-0.05, 0) is 29.8 Å². The Labute approximate surface area is 247 Å². The van der Waals surface area contributed by atoms with Gasteiger partial charge in [0.15, 0.2) is 17.6 Å². The molecule has 1 aliphatic heterocycles. The third-order valence-electron chi connectivity index (χ3n) is 6.10. The van der Waals surface area contributed by atoms with E-state index in [9.17, 15) is 24.0 Å². The van der Waals surface area contributed by atoms with Crippen LogP contribution in [0.25, 0.3) is 22.1 Å². The van der Waals surface area contributed by atoms with Crippen LogP contribution in [0.1, 0.15) is 27.7 Å². The second-order valence-corrected chi connectivity index (χ2v) is 10.2. The highest BCUT2D eigenvalue weighted by Gasteiger charge is 2.53. The quantitative estimate of drug-likeness (QED) is 0.259. The van der Waals surface area contributed by atoms with Gasteiger partial charge in [0.25, 0.3) is 0 Å². The molecule has 2 aromatic carbocycles. The minimum Gasteiger partial charge on any atom is -0.463 e. The zero-order valence-electron chi connectivity index (χ0n) is 23.0. The minimum absolute atomic E-state index is 0.142. The molecular formula is C29H27BrO12. The van der Waals surface area contributed by atoms with Crippen LogP contribution >= 0.6 is 15.9 Å². The highest BCUT2D eigenvalue weighted by Crippen LogP contribution is 2.32. The maximum atomic E-state index is 13.2. The third kappa shape index (κ3) is 7.34. The summed E-state index contributed by atoms with van der Waals surface area (Å²) in [6.45, 7) is 4.15. The lowest BCUT2D eigenvalue weighted by atomic mass is 9.98. The molecule has 12 nitrogen and oxygen atoms in total. The summed E-state index contributed by atoms with van der Waals surface area (Å²) in [6, 6.07) is 11.6. The number of benzene rings is 2. The van der Waals surface area contributed by atoms with Crippen LogP contribution in [-0.4, -0.2) is 61.2 Å². The highest BCUT2D eigenvalue weighted by atomic mass is 79.9. The van der Waals surface area contributed by atoms with E-state index in [0.29, 0.717) is 11.1 Å².